The van der Waals surface area contributed by atoms with Crippen molar-refractivity contribution < 1.29 is 5.73 Å². The molecule has 3 heteroatoms. The molecule has 0 bridgehead atoms. The van der Waals surface area contributed by atoms with Gasteiger partial charge in [0.1, 0.15) is 0 Å². The zero-order valence-electron chi connectivity index (χ0n) is 4.11. The van der Waals surface area contributed by atoms with Crippen molar-refractivity contribution in [3.63, 3.8) is 0 Å². The lowest BCUT2D eigenvalue weighted by molar-refractivity contribution is -0.215. The van der Waals surface area contributed by atoms with Gasteiger partial charge in [-0.05, 0) is 12.8 Å². The molecule has 1 saturated carbocycles. The topological polar surface area (TPSA) is 39.7 Å². The van der Waals surface area contributed by atoms with E-state index in [-0.39, 0.29) is 0 Å². The van der Waals surface area contributed by atoms with E-state index in [2.05, 4.69) is 23.3 Å². The Kier molecular flexibility index (Phi) is 1.25. The van der Waals surface area contributed by atoms with E-state index in [0.29, 0.717) is 11.2 Å². The van der Waals surface area contributed by atoms with Gasteiger partial charge >= 0.3 is 0 Å². The van der Waals surface area contributed by atoms with Gasteiger partial charge in [0.05, 0.1) is 0 Å². The molecule has 0 atom stereocenters. The Bertz CT molecular complexity index is 87.7. The first-order chi connectivity index (χ1) is 3.29. The quantitative estimate of drug-likeness (QED) is 0.444. The second-order valence-corrected chi connectivity index (χ2v) is 2.33. The maximum absolute atomic E-state index is 4.69. The monoisotopic (exact) mass is 117 g/mol. The highest BCUT2D eigenvalue weighted by molar-refractivity contribution is 7.79. The number of thiocarbonyl (C=S) groups is 1. The molecule has 1 aliphatic rings. The van der Waals surface area contributed by atoms with E-state index in [1.54, 1.807) is 0 Å². The molecule has 0 aromatic carbocycles. The van der Waals surface area contributed by atoms with Crippen molar-refractivity contribution in [1.29, 1.82) is 0 Å². The normalized spacial score (nSPS) is 19.0. The molecule has 4 N–H and O–H groups in total. The Hall–Kier alpha value is -0.150. The van der Waals surface area contributed by atoms with Crippen LogP contribution in [-0.4, -0.2) is 11.2 Å². The second kappa shape index (κ2) is 1.76. The molecule has 0 unspecified atom stereocenters. The van der Waals surface area contributed by atoms with Crippen LogP contribution in [-0.2, 0) is 0 Å². The highest BCUT2D eigenvalue weighted by Gasteiger charge is 2.21. The third-order valence-corrected chi connectivity index (χ3v) is 1.06. The largest absolute Gasteiger partial charge is 0.329 e. The predicted molar refractivity (Wildman–Crippen MR) is 31.6 cm³/mol. The lowest BCUT2D eigenvalue weighted by atomic mass is 10.7. The van der Waals surface area contributed by atoms with Crippen molar-refractivity contribution in [2.45, 2.75) is 18.9 Å². The van der Waals surface area contributed by atoms with E-state index in [1.165, 1.54) is 12.8 Å². The Labute approximate surface area is 48.1 Å². The smallest absolute Gasteiger partial charge is 0.265 e. The van der Waals surface area contributed by atoms with Crippen LogP contribution in [0.3, 0.4) is 0 Å². The van der Waals surface area contributed by atoms with Gasteiger partial charge in [0.2, 0.25) is 0 Å². The van der Waals surface area contributed by atoms with Crippen LogP contribution < -0.4 is 11.1 Å². The Balaban J connectivity index is 2.08. The average molecular weight is 117 g/mol. The highest BCUT2D eigenvalue weighted by atomic mass is 32.1. The van der Waals surface area contributed by atoms with Gasteiger partial charge in [0, 0.05) is 18.3 Å². The van der Waals surface area contributed by atoms with Gasteiger partial charge in [-0.15, -0.1) is 0 Å². The van der Waals surface area contributed by atoms with E-state index in [1.807, 2.05) is 0 Å². The van der Waals surface area contributed by atoms with E-state index in [4.69, 9.17) is 0 Å². The number of hydrogen-bond donors (Lipinski definition) is 2. The van der Waals surface area contributed by atoms with Crippen LogP contribution in [0, 0.1) is 0 Å². The summed E-state index contributed by atoms with van der Waals surface area (Å²) in [6, 6.07) is 0.671. The van der Waals surface area contributed by atoms with E-state index in [0.717, 1.165) is 0 Å². The summed E-state index contributed by atoms with van der Waals surface area (Å²) in [5, 5.41) is 3.72. The molecule has 0 aliphatic heterocycles. The molecular weight excluding hydrogens is 108 g/mol. The summed E-state index contributed by atoms with van der Waals surface area (Å²) in [6.45, 7) is 0. The first kappa shape index (κ1) is 5.00. The molecule has 0 aromatic heterocycles. The molecule has 7 heavy (non-hydrogen) atoms. The lowest BCUT2D eigenvalue weighted by Crippen LogP contribution is -2.63. The Morgan fingerprint density at radius 1 is 1.71 bits per heavy atom. The molecule has 0 amide bonds. The maximum Gasteiger partial charge on any atom is 0.265 e. The summed E-state index contributed by atoms with van der Waals surface area (Å²) in [7, 11) is 0. The van der Waals surface area contributed by atoms with Crippen molar-refractivity contribution in [3.8, 4) is 0 Å². The number of nitrogens with one attached hydrogen (secondary N) is 1. The van der Waals surface area contributed by atoms with Crippen LogP contribution in [0.2, 0.25) is 0 Å². The van der Waals surface area contributed by atoms with E-state index in [9.17, 15) is 0 Å². The average Bonchev–Trinajstić information content (AvgIpc) is 2.17. The molecule has 0 saturated heterocycles. The molecule has 0 radical (unpaired) electrons. The van der Waals surface area contributed by atoms with Gasteiger partial charge in [-0.2, -0.15) is 0 Å². The fraction of sp³-hybridized carbons (Fsp3) is 0.750. The summed E-state index contributed by atoms with van der Waals surface area (Å²) in [6.07, 6.45) is 2.55. The van der Waals surface area contributed by atoms with Gasteiger partial charge < -0.3 is 11.1 Å². The molecule has 1 fully saturated rings. The van der Waals surface area contributed by atoms with Crippen molar-refractivity contribution in [1.82, 2.24) is 5.32 Å². The number of rotatable bonds is 1. The second-order valence-electron chi connectivity index (χ2n) is 1.84. The molecule has 1 aliphatic carbocycles. The third-order valence-electron chi connectivity index (χ3n) is 0.942. The van der Waals surface area contributed by atoms with Crippen molar-refractivity contribution >= 4 is 17.3 Å². The molecule has 0 aromatic rings. The highest BCUT2D eigenvalue weighted by Crippen LogP contribution is 2.17. The molecule has 1 rings (SSSR count). The van der Waals surface area contributed by atoms with Crippen molar-refractivity contribution in [2.75, 3.05) is 0 Å². The number of quaternary nitrogens is 1. The minimum absolute atomic E-state index is 0.671. The Morgan fingerprint density at radius 3 is 2.43 bits per heavy atom. The summed E-state index contributed by atoms with van der Waals surface area (Å²) in [5.41, 5.74) is 3.54. The zero-order valence-corrected chi connectivity index (χ0v) is 4.92. The van der Waals surface area contributed by atoms with Crippen molar-refractivity contribution in [2.24, 2.45) is 0 Å². The van der Waals surface area contributed by atoms with Crippen LogP contribution in [0.5, 0.6) is 0 Å². The minimum atomic E-state index is 0.671. The van der Waals surface area contributed by atoms with Gasteiger partial charge in [0.25, 0.3) is 5.11 Å². The fourth-order valence-corrected chi connectivity index (χ4v) is 0.622. The minimum Gasteiger partial charge on any atom is -0.329 e. The van der Waals surface area contributed by atoms with E-state index < -0.39 is 0 Å². The maximum atomic E-state index is 4.69. The van der Waals surface area contributed by atoms with Gasteiger partial charge in [-0.1, -0.05) is 0 Å². The van der Waals surface area contributed by atoms with Crippen molar-refractivity contribution in [3.05, 3.63) is 0 Å². The summed E-state index contributed by atoms with van der Waals surface area (Å²) in [4.78, 5) is 0. The SMILES string of the molecule is [NH3+]C(=S)NC1CC1. The number of hydrogen-bond acceptors (Lipinski definition) is 1. The molecule has 0 spiro atoms. The van der Waals surface area contributed by atoms with Gasteiger partial charge in [-0.25, -0.2) is 0 Å². The molecule has 40 valence electrons. The molecular formula is C4H9N2S+. The first-order valence-corrected chi connectivity index (χ1v) is 2.82. The fourth-order valence-electron chi connectivity index (χ4n) is 0.455. The van der Waals surface area contributed by atoms with Crippen LogP contribution in [0.25, 0.3) is 0 Å². The van der Waals surface area contributed by atoms with E-state index >= 15 is 0 Å². The van der Waals surface area contributed by atoms with Crippen LogP contribution in [0.4, 0.5) is 0 Å². The summed E-state index contributed by atoms with van der Waals surface area (Å²) in [5.74, 6) is 0. The Morgan fingerprint density at radius 2 is 2.29 bits per heavy atom. The summed E-state index contributed by atoms with van der Waals surface area (Å²) < 4.78 is 0. The third kappa shape index (κ3) is 1.85. The summed E-state index contributed by atoms with van der Waals surface area (Å²) >= 11 is 4.69. The standard InChI is InChI=1S/C4H8N2S/c5-4(7)6-3-1-2-3/h3H,1-2H2,(H3,5,6,7)/p+1. The van der Waals surface area contributed by atoms with Gasteiger partial charge in [-0.3, -0.25) is 0 Å². The van der Waals surface area contributed by atoms with Gasteiger partial charge in [0.15, 0.2) is 0 Å². The van der Waals surface area contributed by atoms with Crippen LogP contribution in [0.1, 0.15) is 12.8 Å². The van der Waals surface area contributed by atoms with Crippen LogP contribution >= 0.6 is 12.2 Å². The first-order valence-electron chi connectivity index (χ1n) is 2.41. The lowest BCUT2D eigenvalue weighted by Gasteiger charge is -1.91. The molecule has 0 heterocycles. The molecule has 2 nitrogen and oxygen atoms in total. The van der Waals surface area contributed by atoms with Crippen LogP contribution in [0.15, 0.2) is 0 Å². The predicted octanol–water partition coefficient (Wildman–Crippen LogP) is -0.735. The zero-order chi connectivity index (χ0) is 5.28.